The molecule has 0 spiro atoms. The number of allylic oxidation sites excluding steroid dienone is 1. The van der Waals surface area contributed by atoms with Gasteiger partial charge in [0.05, 0.1) is 0 Å². The van der Waals surface area contributed by atoms with E-state index in [0.29, 0.717) is 80.4 Å². The van der Waals surface area contributed by atoms with E-state index in [1.54, 1.807) is 36.0 Å². The molecule has 368 valence electrons. The molecule has 2 aliphatic heterocycles. The molecule has 3 aliphatic rings. The van der Waals surface area contributed by atoms with Crippen LogP contribution in [0.1, 0.15) is 68.3 Å². The lowest BCUT2D eigenvalue weighted by molar-refractivity contribution is -0.133. The number of nitrogens with one attached hydrogen (secondary N) is 2. The molecule has 0 bridgehead atoms. The van der Waals surface area contributed by atoms with E-state index >= 15 is 0 Å². The third-order valence-electron chi connectivity index (χ3n) is 12.9. The lowest BCUT2D eigenvalue weighted by Gasteiger charge is -2.39. The monoisotopic (exact) mass is 1020 g/mol. The average Bonchev–Trinajstić information content (AvgIpc) is 3.34. The molecular weight excluding hydrogens is 959 g/mol. The number of rotatable bonds is 20. The molecule has 4 aromatic rings. The lowest BCUT2D eigenvalue weighted by atomic mass is 9.73. The van der Waals surface area contributed by atoms with Gasteiger partial charge in [-0.25, -0.2) is 0 Å². The first-order valence-electron chi connectivity index (χ1n) is 23.6. The van der Waals surface area contributed by atoms with Crippen molar-refractivity contribution in [2.45, 2.75) is 78.6 Å². The van der Waals surface area contributed by atoms with Crippen molar-refractivity contribution in [1.29, 1.82) is 0 Å². The Balaban J connectivity index is 0.928. The van der Waals surface area contributed by atoms with Crippen molar-refractivity contribution < 1.29 is 22.8 Å². The van der Waals surface area contributed by atoms with Crippen molar-refractivity contribution in [1.82, 2.24) is 19.4 Å². The number of piperazine rings is 2. The number of amides is 2. The third-order valence-corrected chi connectivity index (χ3v) is 15.9. The smallest absolute Gasteiger partial charge is 0.381 e. The average molecular weight is 1020 g/mol. The number of alkyl halides is 3. The molecule has 1 unspecified atom stereocenters. The van der Waals surface area contributed by atoms with Crippen LogP contribution in [0.3, 0.4) is 0 Å². The van der Waals surface area contributed by atoms with Gasteiger partial charge in [0, 0.05) is 132 Å². The first kappa shape index (κ1) is 52.3. The quantitative estimate of drug-likeness (QED) is 0.0223. The predicted octanol–water partition coefficient (Wildman–Crippen LogP) is 12.4. The molecule has 2 amide bonds. The number of thioether (sulfide) groups is 2. The van der Waals surface area contributed by atoms with Crippen molar-refractivity contribution in [2.24, 2.45) is 10.5 Å². The Labute approximate surface area is 422 Å². The molecule has 2 saturated heterocycles. The molecule has 0 radical (unpaired) electrons. The van der Waals surface area contributed by atoms with Gasteiger partial charge in [-0.3, -0.25) is 24.1 Å². The van der Waals surface area contributed by atoms with E-state index in [1.807, 2.05) is 59.5 Å². The van der Waals surface area contributed by atoms with E-state index in [0.717, 1.165) is 79.5 Å². The number of hydrogen-bond donors (Lipinski definition) is 2. The fraction of sp³-hybridized carbons (Fsp3) is 0.451. The van der Waals surface area contributed by atoms with Crippen LogP contribution in [0.5, 0.6) is 0 Å². The maximum atomic E-state index is 14.1. The maximum Gasteiger partial charge on any atom is 0.446 e. The van der Waals surface area contributed by atoms with Crippen molar-refractivity contribution in [2.75, 3.05) is 88.0 Å². The molecule has 18 heteroatoms. The zero-order chi connectivity index (χ0) is 48.8. The molecule has 1 aliphatic carbocycles. The first-order chi connectivity index (χ1) is 33.2. The van der Waals surface area contributed by atoms with E-state index in [9.17, 15) is 22.8 Å². The molecular formula is C51H61ClF3N9O2S3. The van der Waals surface area contributed by atoms with Crippen LogP contribution in [0.4, 0.5) is 24.5 Å². The molecule has 1 atom stereocenters. The van der Waals surface area contributed by atoms with Gasteiger partial charge in [-0.1, -0.05) is 66.5 Å². The molecule has 11 nitrogen and oxygen atoms in total. The van der Waals surface area contributed by atoms with Crippen LogP contribution in [0, 0.1) is 5.41 Å². The highest BCUT2D eigenvalue weighted by atomic mass is 35.5. The highest BCUT2D eigenvalue weighted by Crippen LogP contribution is 2.44. The van der Waals surface area contributed by atoms with E-state index in [1.165, 1.54) is 22.8 Å². The van der Waals surface area contributed by atoms with Gasteiger partial charge in [-0.2, -0.15) is 13.2 Å². The zero-order valence-corrected chi connectivity index (χ0v) is 42.4. The van der Waals surface area contributed by atoms with Gasteiger partial charge in [-0.15, -0.1) is 11.8 Å². The number of azide groups is 1. The summed E-state index contributed by atoms with van der Waals surface area (Å²) in [6, 6.07) is 30.4. The molecule has 0 aromatic heterocycles. The second kappa shape index (κ2) is 25.1. The number of anilines is 2. The summed E-state index contributed by atoms with van der Waals surface area (Å²) in [7, 11) is 0. The molecule has 0 saturated carbocycles. The van der Waals surface area contributed by atoms with Gasteiger partial charge in [-0.05, 0) is 145 Å². The summed E-state index contributed by atoms with van der Waals surface area (Å²) in [6.07, 6.45) is 4.83. The summed E-state index contributed by atoms with van der Waals surface area (Å²) < 4.78 is 45.0. The number of carbonyl (C=O) groups is 2. The van der Waals surface area contributed by atoms with E-state index in [2.05, 4.69) is 60.7 Å². The van der Waals surface area contributed by atoms with Gasteiger partial charge >= 0.3 is 5.51 Å². The standard InChI is InChI=1S/C51H61ClF3N9O2S3/c1-50(2)22-20-45(37-10-14-40(52)15-11-37)39(34-50)35-62-27-29-63(30-28-62)42-16-12-38(13-17-42)49(66)59-69-44-18-19-46(47(33-44)68-51(53,54)55)58-41(36-67-43-7-4-3-5-8-43)21-24-61-25-31-64(32-26-61)48(65)9-6-23-57-60-56/h3-5,7-8,10-19,33,41,58H,6,9,20-32,34-36H2,1-2H3,(H,59,66). The fourth-order valence-corrected chi connectivity index (χ4v) is 11.6. The topological polar surface area (TPSA) is 120 Å². The maximum absolute atomic E-state index is 14.1. The number of hydrogen-bond acceptors (Lipinski definition) is 10. The highest BCUT2D eigenvalue weighted by Gasteiger charge is 2.32. The van der Waals surface area contributed by atoms with Gasteiger partial charge in [0.1, 0.15) is 0 Å². The van der Waals surface area contributed by atoms with Crippen LogP contribution >= 0.6 is 47.1 Å². The summed E-state index contributed by atoms with van der Waals surface area (Å²) in [6.45, 7) is 12.8. The minimum atomic E-state index is -4.53. The largest absolute Gasteiger partial charge is 0.446 e. The SMILES string of the molecule is CC1(C)CCC(c2ccc(Cl)cc2)=C(CN2CCN(c3ccc(C(=O)NSc4ccc(NC(CCN5CCN(C(=O)CCCN=[N+]=[N-])CC5)CSc5ccccc5)c(SC(F)(F)F)c4)cc3)CC2)C1. The van der Waals surface area contributed by atoms with Crippen LogP contribution in [-0.4, -0.2) is 116 Å². The van der Waals surface area contributed by atoms with Crippen LogP contribution in [-0.2, 0) is 4.79 Å². The van der Waals surface area contributed by atoms with Crippen LogP contribution < -0.4 is 14.9 Å². The summed E-state index contributed by atoms with van der Waals surface area (Å²) in [5, 5.41) is 7.71. The first-order valence-corrected chi connectivity index (χ1v) is 26.6. The Morgan fingerprint density at radius 1 is 0.884 bits per heavy atom. The van der Waals surface area contributed by atoms with E-state index in [-0.39, 0.29) is 39.9 Å². The fourth-order valence-electron chi connectivity index (χ4n) is 9.07. The lowest BCUT2D eigenvalue weighted by Crippen LogP contribution is -2.49. The molecule has 2 N–H and O–H groups in total. The van der Waals surface area contributed by atoms with Crippen LogP contribution in [0.2, 0.25) is 5.02 Å². The van der Waals surface area contributed by atoms with Crippen LogP contribution in [0.15, 0.2) is 122 Å². The third kappa shape index (κ3) is 16.3. The van der Waals surface area contributed by atoms with Crippen molar-refractivity contribution in [3.63, 3.8) is 0 Å². The zero-order valence-electron chi connectivity index (χ0n) is 39.2. The van der Waals surface area contributed by atoms with Crippen LogP contribution in [0.25, 0.3) is 16.0 Å². The second-order valence-corrected chi connectivity index (χ2v) is 22.0. The summed E-state index contributed by atoms with van der Waals surface area (Å²) >= 11 is 8.68. The van der Waals surface area contributed by atoms with Crippen molar-refractivity contribution in [3.8, 4) is 0 Å². The number of carbonyl (C=O) groups excluding carboxylic acids is 2. The molecule has 69 heavy (non-hydrogen) atoms. The summed E-state index contributed by atoms with van der Waals surface area (Å²) in [5.74, 6) is 0.330. The Kier molecular flexibility index (Phi) is 19.0. The van der Waals surface area contributed by atoms with Gasteiger partial charge in [0.25, 0.3) is 5.91 Å². The highest BCUT2D eigenvalue weighted by molar-refractivity contribution is 8.00. The Hall–Kier alpha value is -4.48. The molecule has 2 fully saturated rings. The Morgan fingerprint density at radius 3 is 2.29 bits per heavy atom. The van der Waals surface area contributed by atoms with Crippen molar-refractivity contribution >= 4 is 75.8 Å². The van der Waals surface area contributed by atoms with Gasteiger partial charge < -0.3 is 15.1 Å². The minimum Gasteiger partial charge on any atom is -0.381 e. The molecule has 4 aromatic carbocycles. The summed E-state index contributed by atoms with van der Waals surface area (Å²) in [5.41, 5.74) is 10.4. The normalized spacial score (nSPS) is 17.3. The number of halogens is 4. The van der Waals surface area contributed by atoms with Crippen molar-refractivity contribution in [3.05, 3.63) is 129 Å². The van der Waals surface area contributed by atoms with Gasteiger partial charge in [0.2, 0.25) is 5.91 Å². The Morgan fingerprint density at radius 2 is 1.59 bits per heavy atom. The minimum absolute atomic E-state index is 0.0230. The molecule has 7 rings (SSSR count). The number of benzene rings is 4. The van der Waals surface area contributed by atoms with E-state index in [4.69, 9.17) is 17.1 Å². The van der Waals surface area contributed by atoms with E-state index < -0.39 is 5.51 Å². The summed E-state index contributed by atoms with van der Waals surface area (Å²) in [4.78, 5) is 39.3. The Bertz CT molecular complexity index is 2410. The van der Waals surface area contributed by atoms with Gasteiger partial charge in [0.15, 0.2) is 0 Å². The second-order valence-electron chi connectivity index (χ2n) is 18.5. The number of nitrogens with zero attached hydrogens (tertiary/aromatic N) is 7. The predicted molar refractivity (Wildman–Crippen MR) is 278 cm³/mol. The molecule has 2 heterocycles.